The SMILES string of the molecule is CCOc1ccc(CCN2CCCCC2)c(C(F)(F)F)c1-c1cccc2c(C[C@H](NC(=O)C3(C(F)(F)F)CCN(CC(F)(F)F)CC3)C(=O)O)cccc12. The van der Waals surface area contributed by atoms with Crippen LogP contribution in [0.15, 0.2) is 48.5 Å². The molecule has 0 saturated carbocycles. The van der Waals surface area contributed by atoms with Crippen LogP contribution in [0.3, 0.4) is 0 Å². The lowest BCUT2D eigenvalue weighted by Crippen LogP contribution is -2.59. The van der Waals surface area contributed by atoms with Gasteiger partial charge in [0.25, 0.3) is 0 Å². The Morgan fingerprint density at radius 3 is 2.07 bits per heavy atom. The Hall–Kier alpha value is -4.05. The van der Waals surface area contributed by atoms with Crippen LogP contribution in [0.25, 0.3) is 21.9 Å². The van der Waals surface area contributed by atoms with Crippen LogP contribution in [0.2, 0.25) is 0 Å². The summed E-state index contributed by atoms with van der Waals surface area (Å²) in [6.45, 7) is 0.881. The number of alkyl halides is 9. The van der Waals surface area contributed by atoms with Crippen LogP contribution in [-0.2, 0) is 28.6 Å². The first-order chi connectivity index (χ1) is 25.3. The highest BCUT2D eigenvalue weighted by molar-refractivity contribution is 6.01. The van der Waals surface area contributed by atoms with Gasteiger partial charge in [0.05, 0.1) is 18.7 Å². The average Bonchev–Trinajstić information content (AvgIpc) is 3.09. The van der Waals surface area contributed by atoms with Crippen molar-refractivity contribution in [2.45, 2.75) is 76.4 Å². The lowest BCUT2D eigenvalue weighted by molar-refractivity contribution is -0.236. The molecule has 54 heavy (non-hydrogen) atoms. The van der Waals surface area contributed by atoms with Crippen LogP contribution in [0, 0.1) is 5.41 Å². The fourth-order valence-electron chi connectivity index (χ4n) is 7.64. The molecule has 0 radical (unpaired) electrons. The number of hydrogen-bond acceptors (Lipinski definition) is 5. The molecule has 296 valence electrons. The number of halogens is 9. The number of rotatable bonds is 12. The predicted molar refractivity (Wildman–Crippen MR) is 183 cm³/mol. The number of amides is 1. The third-order valence-corrected chi connectivity index (χ3v) is 10.4. The summed E-state index contributed by atoms with van der Waals surface area (Å²) in [5.74, 6) is -3.37. The summed E-state index contributed by atoms with van der Waals surface area (Å²) in [4.78, 5) is 28.6. The van der Waals surface area contributed by atoms with Crippen molar-refractivity contribution in [1.29, 1.82) is 0 Å². The molecular weight excluding hydrogens is 733 g/mol. The van der Waals surface area contributed by atoms with Gasteiger partial charge < -0.3 is 20.1 Å². The molecule has 0 bridgehead atoms. The number of carboxylic acids is 1. The summed E-state index contributed by atoms with van der Waals surface area (Å²) in [6, 6.07) is 10.0. The van der Waals surface area contributed by atoms with Gasteiger partial charge in [0.15, 0.2) is 0 Å². The molecule has 3 aromatic rings. The van der Waals surface area contributed by atoms with Crippen LogP contribution >= 0.6 is 0 Å². The average molecular weight is 776 g/mol. The first kappa shape index (κ1) is 41.1. The Labute approximate surface area is 306 Å². The van der Waals surface area contributed by atoms with Crippen molar-refractivity contribution in [2.24, 2.45) is 5.41 Å². The molecule has 2 aliphatic rings. The van der Waals surface area contributed by atoms with E-state index in [0.717, 1.165) is 37.3 Å². The molecule has 2 saturated heterocycles. The molecule has 2 heterocycles. The van der Waals surface area contributed by atoms with E-state index in [-0.39, 0.29) is 46.4 Å². The number of nitrogens with zero attached hydrogens (tertiary/aromatic N) is 2. The van der Waals surface area contributed by atoms with Gasteiger partial charge in [0.1, 0.15) is 17.2 Å². The van der Waals surface area contributed by atoms with Gasteiger partial charge in [-0.1, -0.05) is 48.9 Å². The molecular formula is C38H42F9N3O4. The molecule has 2 fully saturated rings. The van der Waals surface area contributed by atoms with Gasteiger partial charge in [0.2, 0.25) is 5.91 Å². The first-order valence-electron chi connectivity index (χ1n) is 17.8. The van der Waals surface area contributed by atoms with E-state index in [4.69, 9.17) is 4.74 Å². The van der Waals surface area contributed by atoms with Gasteiger partial charge in [0, 0.05) is 18.5 Å². The molecule has 5 rings (SSSR count). The highest BCUT2D eigenvalue weighted by Gasteiger charge is 2.61. The van der Waals surface area contributed by atoms with Crippen molar-refractivity contribution in [3.8, 4) is 16.9 Å². The van der Waals surface area contributed by atoms with E-state index in [2.05, 4.69) is 4.90 Å². The van der Waals surface area contributed by atoms with E-state index in [9.17, 15) is 41.0 Å². The Kier molecular flexibility index (Phi) is 12.5. The van der Waals surface area contributed by atoms with Crippen molar-refractivity contribution < 1.29 is 58.9 Å². The number of piperidine rings is 2. The molecule has 1 atom stereocenters. The second-order valence-electron chi connectivity index (χ2n) is 13.9. The Balaban J connectivity index is 1.50. The molecule has 7 nitrogen and oxygen atoms in total. The minimum atomic E-state index is -5.20. The maximum atomic E-state index is 15.1. The van der Waals surface area contributed by atoms with Crippen LogP contribution in [0.1, 0.15) is 55.7 Å². The van der Waals surface area contributed by atoms with E-state index in [1.165, 1.54) is 42.5 Å². The minimum absolute atomic E-state index is 0.0149. The lowest BCUT2D eigenvalue weighted by Gasteiger charge is -2.42. The van der Waals surface area contributed by atoms with E-state index in [1.807, 2.05) is 5.32 Å². The molecule has 0 unspecified atom stereocenters. The molecule has 3 aromatic carbocycles. The van der Waals surface area contributed by atoms with Crippen molar-refractivity contribution in [3.05, 3.63) is 65.2 Å². The second-order valence-corrected chi connectivity index (χ2v) is 13.9. The van der Waals surface area contributed by atoms with E-state index in [0.29, 0.717) is 11.9 Å². The fourth-order valence-corrected chi connectivity index (χ4v) is 7.64. The maximum Gasteiger partial charge on any atom is 0.417 e. The highest BCUT2D eigenvalue weighted by Crippen LogP contribution is 2.48. The predicted octanol–water partition coefficient (Wildman–Crippen LogP) is 8.27. The van der Waals surface area contributed by atoms with Gasteiger partial charge >= 0.3 is 24.5 Å². The number of carbonyl (C=O) groups excluding carboxylic acids is 1. The number of benzene rings is 3. The summed E-state index contributed by atoms with van der Waals surface area (Å²) in [5.41, 5.74) is -3.75. The molecule has 2 N–H and O–H groups in total. The van der Waals surface area contributed by atoms with Crippen molar-refractivity contribution in [3.63, 3.8) is 0 Å². The van der Waals surface area contributed by atoms with Crippen molar-refractivity contribution in [2.75, 3.05) is 45.9 Å². The zero-order chi connectivity index (χ0) is 39.5. The monoisotopic (exact) mass is 775 g/mol. The Morgan fingerprint density at radius 1 is 0.833 bits per heavy atom. The third kappa shape index (κ3) is 9.24. The van der Waals surface area contributed by atoms with Gasteiger partial charge in [-0.05, 0) is 98.7 Å². The summed E-state index contributed by atoms with van der Waals surface area (Å²) in [6.07, 6.45) is -14.1. The van der Waals surface area contributed by atoms with E-state index in [1.54, 1.807) is 13.0 Å². The van der Waals surface area contributed by atoms with Crippen molar-refractivity contribution in [1.82, 2.24) is 15.1 Å². The quantitative estimate of drug-likeness (QED) is 0.181. The molecule has 2 aliphatic heterocycles. The Bertz CT molecular complexity index is 1800. The molecule has 0 aromatic heterocycles. The van der Waals surface area contributed by atoms with Gasteiger partial charge in [-0.3, -0.25) is 9.69 Å². The summed E-state index contributed by atoms with van der Waals surface area (Å²) in [7, 11) is 0. The number of fused-ring (bicyclic) bond motifs is 1. The fraction of sp³-hybridized carbons (Fsp3) is 0.526. The minimum Gasteiger partial charge on any atom is -0.493 e. The highest BCUT2D eigenvalue weighted by atomic mass is 19.4. The Morgan fingerprint density at radius 2 is 1.48 bits per heavy atom. The number of hydrogen-bond donors (Lipinski definition) is 2. The van der Waals surface area contributed by atoms with Crippen LogP contribution in [-0.4, -0.2) is 91.1 Å². The number of likely N-dealkylation sites (tertiary alicyclic amines) is 2. The number of carboxylic acid groups (broad SMARTS) is 1. The van der Waals surface area contributed by atoms with Crippen LogP contribution in [0.4, 0.5) is 39.5 Å². The first-order valence-corrected chi connectivity index (χ1v) is 17.8. The smallest absolute Gasteiger partial charge is 0.417 e. The van der Waals surface area contributed by atoms with Crippen LogP contribution < -0.4 is 10.1 Å². The summed E-state index contributed by atoms with van der Waals surface area (Å²) >= 11 is 0. The van der Waals surface area contributed by atoms with E-state index < -0.39 is 86.3 Å². The standard InChI is InChI=1S/C38H42F9N3O4/c1-2-54-30-13-12-24(14-19-49-17-4-3-5-18-49)32(37(42,43)44)31(30)28-11-7-9-26-25(8-6-10-27(26)28)22-29(33(51)52)48-34(53)35(38(45,46)47)15-20-50(21-16-35)23-36(39,40)41/h6-13,29H,2-5,14-23H2,1H3,(H,48,53)(H,51,52)/t29-/m0/s1. The summed E-state index contributed by atoms with van der Waals surface area (Å²) in [5, 5.41) is 12.6. The van der Waals surface area contributed by atoms with Crippen molar-refractivity contribution >= 4 is 22.6 Å². The van der Waals surface area contributed by atoms with E-state index >= 15 is 13.2 Å². The molecule has 0 aliphatic carbocycles. The second kappa shape index (κ2) is 16.4. The zero-order valence-corrected chi connectivity index (χ0v) is 29.6. The maximum absolute atomic E-state index is 15.1. The number of carbonyl (C=O) groups is 2. The topological polar surface area (TPSA) is 82.1 Å². The van der Waals surface area contributed by atoms with Crippen LogP contribution in [0.5, 0.6) is 5.75 Å². The number of ether oxygens (including phenoxy) is 1. The largest absolute Gasteiger partial charge is 0.493 e. The third-order valence-electron chi connectivity index (χ3n) is 10.4. The number of aliphatic carboxylic acids is 1. The normalized spacial score (nSPS) is 18.0. The zero-order valence-electron chi connectivity index (χ0n) is 29.6. The summed E-state index contributed by atoms with van der Waals surface area (Å²) < 4.78 is 133. The molecule has 1 amide bonds. The molecule has 16 heteroatoms. The van der Waals surface area contributed by atoms with Gasteiger partial charge in [-0.25, -0.2) is 4.79 Å². The lowest BCUT2D eigenvalue weighted by atomic mass is 9.76. The van der Waals surface area contributed by atoms with Gasteiger partial charge in [-0.15, -0.1) is 0 Å². The molecule has 0 spiro atoms. The van der Waals surface area contributed by atoms with Gasteiger partial charge in [-0.2, -0.15) is 39.5 Å². The number of nitrogens with one attached hydrogen (secondary N) is 1.